The predicted octanol–water partition coefficient (Wildman–Crippen LogP) is 4.05. The van der Waals surface area contributed by atoms with E-state index in [1.54, 1.807) is 0 Å². The second-order valence-corrected chi connectivity index (χ2v) is 8.51. The number of benzene rings is 2. The van der Waals surface area contributed by atoms with E-state index in [1.807, 2.05) is 18.0 Å². The molecule has 2 aromatic rings. The molecule has 1 heterocycles. The molecular weight excluding hydrogens is 400 g/mol. The van der Waals surface area contributed by atoms with Crippen LogP contribution in [0.3, 0.4) is 0 Å². The van der Waals surface area contributed by atoms with Gasteiger partial charge in [-0.1, -0.05) is 22.0 Å². The molecule has 0 spiro atoms. The highest BCUT2D eigenvalue weighted by Crippen LogP contribution is 2.57. The second kappa shape index (κ2) is 5.28. The Labute approximate surface area is 159 Å². The van der Waals surface area contributed by atoms with Crippen molar-refractivity contribution >= 4 is 21.9 Å². The van der Waals surface area contributed by atoms with Gasteiger partial charge >= 0.3 is 0 Å². The predicted molar refractivity (Wildman–Crippen MR) is 100 cm³/mol. The average Bonchev–Trinajstić information content (AvgIpc) is 2.60. The SMILES string of the molecule is CN1C(N)=NC23CCc4cc(F)c(F)cc4C2C1c1cc(Br)ccc1C3. The fourth-order valence-electron chi connectivity index (χ4n) is 5.13. The molecule has 2 bridgehead atoms. The number of aliphatic imine (C=N–C) groups is 1. The number of nitrogens with zero attached hydrogens (tertiary/aromatic N) is 2. The maximum Gasteiger partial charge on any atom is 0.192 e. The third kappa shape index (κ3) is 2.05. The van der Waals surface area contributed by atoms with Crippen molar-refractivity contribution in [1.29, 1.82) is 0 Å². The molecule has 0 aromatic heterocycles. The number of rotatable bonds is 0. The standard InChI is InChI=1S/C20H18BrF2N3/c1-26-18-14-7-12(21)3-2-11(14)9-20(25-19(26)24)5-4-10-6-15(22)16(23)8-13(10)17(18)20/h2-3,6-8,17-18H,4-5,9H2,1H3,(H2,24,25). The molecule has 3 atom stereocenters. The third-order valence-electron chi connectivity index (χ3n) is 6.28. The van der Waals surface area contributed by atoms with Gasteiger partial charge in [-0.25, -0.2) is 13.8 Å². The first kappa shape index (κ1) is 16.2. The summed E-state index contributed by atoms with van der Waals surface area (Å²) in [6.45, 7) is 0. The van der Waals surface area contributed by atoms with Gasteiger partial charge in [-0.15, -0.1) is 0 Å². The third-order valence-corrected chi connectivity index (χ3v) is 6.77. The van der Waals surface area contributed by atoms with E-state index in [2.05, 4.69) is 28.1 Å². The second-order valence-electron chi connectivity index (χ2n) is 7.59. The fourth-order valence-corrected chi connectivity index (χ4v) is 5.50. The molecule has 26 heavy (non-hydrogen) atoms. The largest absolute Gasteiger partial charge is 0.370 e. The molecule has 3 nitrogen and oxygen atoms in total. The van der Waals surface area contributed by atoms with Crippen molar-refractivity contribution in [1.82, 2.24) is 4.90 Å². The number of aryl methyl sites for hydroxylation is 1. The van der Waals surface area contributed by atoms with Crippen molar-refractivity contribution < 1.29 is 8.78 Å². The molecule has 0 saturated heterocycles. The van der Waals surface area contributed by atoms with Gasteiger partial charge in [0.25, 0.3) is 0 Å². The Bertz CT molecular complexity index is 974. The molecule has 0 fully saturated rings. The Morgan fingerprint density at radius 3 is 2.73 bits per heavy atom. The van der Waals surface area contributed by atoms with Crippen LogP contribution in [0.25, 0.3) is 0 Å². The Morgan fingerprint density at radius 2 is 1.92 bits per heavy atom. The maximum absolute atomic E-state index is 14.1. The van der Waals surface area contributed by atoms with E-state index >= 15 is 0 Å². The van der Waals surface area contributed by atoms with Crippen molar-refractivity contribution in [3.8, 4) is 0 Å². The molecule has 1 aliphatic heterocycles. The molecule has 6 heteroatoms. The quantitative estimate of drug-likeness (QED) is 0.702. The van der Waals surface area contributed by atoms with E-state index in [0.29, 0.717) is 12.4 Å². The number of hydrogen-bond donors (Lipinski definition) is 1. The lowest BCUT2D eigenvalue weighted by Gasteiger charge is -2.55. The Morgan fingerprint density at radius 1 is 1.15 bits per heavy atom. The maximum atomic E-state index is 14.1. The van der Waals surface area contributed by atoms with E-state index in [9.17, 15) is 8.78 Å². The Hall–Kier alpha value is -1.95. The zero-order chi connectivity index (χ0) is 18.2. The van der Waals surface area contributed by atoms with E-state index in [1.165, 1.54) is 23.3 Å². The summed E-state index contributed by atoms with van der Waals surface area (Å²) in [5.41, 5.74) is 10.1. The van der Waals surface area contributed by atoms with Crippen LogP contribution in [-0.4, -0.2) is 23.4 Å². The first-order valence-corrected chi connectivity index (χ1v) is 9.53. The number of guanidine groups is 1. The highest BCUT2D eigenvalue weighted by Gasteiger charge is 2.55. The van der Waals surface area contributed by atoms with Gasteiger partial charge in [0.2, 0.25) is 0 Å². The molecule has 0 amide bonds. The van der Waals surface area contributed by atoms with Gasteiger partial charge in [0.05, 0.1) is 11.6 Å². The number of nitrogens with two attached hydrogens (primary N) is 1. The van der Waals surface area contributed by atoms with E-state index in [0.717, 1.165) is 28.4 Å². The lowest BCUT2D eigenvalue weighted by atomic mass is 9.58. The lowest BCUT2D eigenvalue weighted by Crippen LogP contribution is -2.58. The monoisotopic (exact) mass is 417 g/mol. The van der Waals surface area contributed by atoms with Crippen LogP contribution < -0.4 is 5.73 Å². The van der Waals surface area contributed by atoms with Crippen molar-refractivity contribution in [3.63, 3.8) is 0 Å². The fraction of sp³-hybridized carbons (Fsp3) is 0.350. The first-order valence-electron chi connectivity index (χ1n) is 8.74. The van der Waals surface area contributed by atoms with Gasteiger partial charge in [0.15, 0.2) is 17.6 Å². The average molecular weight is 418 g/mol. The minimum absolute atomic E-state index is 0.0413. The Balaban J connectivity index is 1.80. The zero-order valence-corrected chi connectivity index (χ0v) is 15.9. The molecular formula is C20H18BrF2N3. The molecule has 5 rings (SSSR count). The molecule has 0 radical (unpaired) electrons. The summed E-state index contributed by atoms with van der Waals surface area (Å²) in [5.74, 6) is -1.10. The topological polar surface area (TPSA) is 41.6 Å². The summed E-state index contributed by atoms with van der Waals surface area (Å²) < 4.78 is 28.9. The van der Waals surface area contributed by atoms with Crippen molar-refractivity contribution in [2.45, 2.75) is 36.8 Å². The summed E-state index contributed by atoms with van der Waals surface area (Å²) in [5, 5.41) is 0. The first-order chi connectivity index (χ1) is 12.4. The van der Waals surface area contributed by atoms with Crippen LogP contribution in [0.4, 0.5) is 8.78 Å². The van der Waals surface area contributed by atoms with Crippen molar-refractivity contribution in [2.75, 3.05) is 7.05 Å². The van der Waals surface area contributed by atoms with Crippen LogP contribution in [0.2, 0.25) is 0 Å². The van der Waals surface area contributed by atoms with Crippen LogP contribution in [0.1, 0.15) is 40.6 Å². The molecule has 2 N–H and O–H groups in total. The van der Waals surface area contributed by atoms with Gasteiger partial charge in [0.1, 0.15) is 0 Å². The molecule has 2 aromatic carbocycles. The van der Waals surface area contributed by atoms with Gasteiger partial charge in [-0.2, -0.15) is 0 Å². The summed E-state index contributed by atoms with van der Waals surface area (Å²) >= 11 is 3.56. The van der Waals surface area contributed by atoms with Crippen LogP contribution in [0.5, 0.6) is 0 Å². The molecule has 2 aliphatic carbocycles. The van der Waals surface area contributed by atoms with Gasteiger partial charge in [0, 0.05) is 17.4 Å². The van der Waals surface area contributed by atoms with Crippen molar-refractivity contribution in [2.24, 2.45) is 10.7 Å². The number of halogens is 3. The number of fused-ring (bicyclic) bond motifs is 3. The van der Waals surface area contributed by atoms with E-state index in [4.69, 9.17) is 10.7 Å². The lowest BCUT2D eigenvalue weighted by molar-refractivity contribution is 0.154. The normalized spacial score (nSPS) is 28.8. The summed E-state index contributed by atoms with van der Waals surface area (Å²) in [7, 11) is 1.93. The number of hydrogen-bond acceptors (Lipinski definition) is 3. The Kier molecular flexibility index (Phi) is 3.30. The van der Waals surface area contributed by atoms with Crippen LogP contribution in [0.15, 0.2) is 39.8 Å². The number of likely N-dealkylation sites (N-methyl/N-ethyl adjacent to an activating group) is 1. The molecule has 3 aliphatic rings. The minimum atomic E-state index is -0.793. The minimum Gasteiger partial charge on any atom is -0.370 e. The highest BCUT2D eigenvalue weighted by molar-refractivity contribution is 9.10. The van der Waals surface area contributed by atoms with Gasteiger partial charge in [-0.05, 0) is 65.8 Å². The summed E-state index contributed by atoms with van der Waals surface area (Å²) in [6.07, 6.45) is 2.24. The van der Waals surface area contributed by atoms with Gasteiger partial charge in [-0.3, -0.25) is 0 Å². The van der Waals surface area contributed by atoms with E-state index < -0.39 is 11.6 Å². The summed E-state index contributed by atoms with van der Waals surface area (Å²) in [6, 6.07) is 8.99. The molecule has 0 saturated carbocycles. The summed E-state index contributed by atoms with van der Waals surface area (Å²) in [4.78, 5) is 6.88. The molecule has 134 valence electrons. The van der Waals surface area contributed by atoms with Crippen LogP contribution in [0, 0.1) is 11.6 Å². The van der Waals surface area contributed by atoms with Crippen LogP contribution >= 0.6 is 15.9 Å². The smallest absolute Gasteiger partial charge is 0.192 e. The molecule has 3 unspecified atom stereocenters. The van der Waals surface area contributed by atoms with Crippen LogP contribution in [-0.2, 0) is 12.8 Å². The zero-order valence-electron chi connectivity index (χ0n) is 14.3. The van der Waals surface area contributed by atoms with Crippen molar-refractivity contribution in [3.05, 3.63) is 68.7 Å². The van der Waals surface area contributed by atoms with Gasteiger partial charge < -0.3 is 10.6 Å². The van der Waals surface area contributed by atoms with E-state index in [-0.39, 0.29) is 17.5 Å². The highest BCUT2D eigenvalue weighted by atomic mass is 79.9.